The lowest BCUT2D eigenvalue weighted by Gasteiger charge is -2.46. The average molecular weight is 594 g/mol. The van der Waals surface area contributed by atoms with Crippen LogP contribution < -0.4 is 5.32 Å². The molecule has 2 aliphatic heterocycles. The van der Waals surface area contributed by atoms with Crippen molar-refractivity contribution in [1.82, 2.24) is 25.1 Å². The summed E-state index contributed by atoms with van der Waals surface area (Å²) in [4.78, 5) is 44.9. The summed E-state index contributed by atoms with van der Waals surface area (Å²) >= 11 is 0. The van der Waals surface area contributed by atoms with E-state index in [1.807, 2.05) is 71.4 Å². The highest BCUT2D eigenvalue weighted by Gasteiger charge is 2.52. The van der Waals surface area contributed by atoms with Crippen molar-refractivity contribution in [2.45, 2.75) is 45.1 Å². The van der Waals surface area contributed by atoms with Gasteiger partial charge in [-0.05, 0) is 46.0 Å². The second-order valence-corrected chi connectivity index (χ2v) is 11.4. The zero-order valence-corrected chi connectivity index (χ0v) is 24.7. The molecule has 4 amide bonds. The van der Waals surface area contributed by atoms with Gasteiger partial charge < -0.3 is 15.1 Å². The van der Waals surface area contributed by atoms with E-state index in [2.05, 4.69) is 23.5 Å². The molecule has 0 radical (unpaired) electrons. The molecule has 44 heavy (non-hydrogen) atoms. The number of carbonyl (C=O) groups excluding carboxylic acids is 3. The number of nitrogens with one attached hydrogen (secondary N) is 1. The van der Waals surface area contributed by atoms with Gasteiger partial charge in [0.1, 0.15) is 18.0 Å². The van der Waals surface area contributed by atoms with Crippen molar-refractivity contribution in [3.05, 3.63) is 120 Å². The number of urea groups is 1. The molecule has 4 aromatic rings. The van der Waals surface area contributed by atoms with Crippen LogP contribution in [-0.2, 0) is 29.1 Å². The minimum atomic E-state index is -0.700. The minimum absolute atomic E-state index is 0.00465. The molecule has 2 atom stereocenters. The first-order chi connectivity index (χ1) is 21.4. The Bertz CT molecular complexity index is 1640. The van der Waals surface area contributed by atoms with Crippen LogP contribution in [0.5, 0.6) is 0 Å². The van der Waals surface area contributed by atoms with E-state index in [1.54, 1.807) is 22.0 Å². The predicted molar refractivity (Wildman–Crippen MR) is 166 cm³/mol. The summed E-state index contributed by atoms with van der Waals surface area (Å²) < 4.78 is 13.4. The SMILES string of the molecule is CCCN(C(=O)NCc1ccc(F)cc1)N1CC(=O)N2[C@@H](Cc3ccccc3)C(=O)N(Cc3cccc4ccccc34)C[C@@H]21. The summed E-state index contributed by atoms with van der Waals surface area (Å²) in [6, 6.07) is 28.9. The van der Waals surface area contributed by atoms with Gasteiger partial charge in [-0.15, -0.1) is 0 Å². The molecule has 2 saturated heterocycles. The molecular formula is C35H36FN5O3. The Morgan fingerprint density at radius 1 is 0.909 bits per heavy atom. The third kappa shape index (κ3) is 6.01. The number of benzene rings is 4. The summed E-state index contributed by atoms with van der Waals surface area (Å²) in [6.45, 7) is 3.25. The number of hydrogen-bond donors (Lipinski definition) is 1. The highest BCUT2D eigenvalue weighted by molar-refractivity contribution is 5.92. The number of carbonyl (C=O) groups is 3. The van der Waals surface area contributed by atoms with Gasteiger partial charge in [0, 0.05) is 26.1 Å². The molecule has 9 heteroatoms. The van der Waals surface area contributed by atoms with Crippen LogP contribution in [0.2, 0.25) is 0 Å². The van der Waals surface area contributed by atoms with Crippen molar-refractivity contribution in [2.75, 3.05) is 19.6 Å². The Hall–Kier alpha value is -4.76. The molecule has 8 nitrogen and oxygen atoms in total. The Labute approximate surface area is 256 Å². The fourth-order valence-electron chi connectivity index (χ4n) is 6.29. The number of rotatable bonds is 9. The van der Waals surface area contributed by atoms with E-state index in [-0.39, 0.29) is 43.3 Å². The number of halogens is 1. The summed E-state index contributed by atoms with van der Waals surface area (Å²) in [5.41, 5.74) is 2.76. The van der Waals surface area contributed by atoms with Crippen LogP contribution in [-0.4, -0.2) is 69.5 Å². The zero-order valence-electron chi connectivity index (χ0n) is 24.7. The average Bonchev–Trinajstić information content (AvgIpc) is 3.37. The normalized spacial score (nSPS) is 18.5. The van der Waals surface area contributed by atoms with E-state index in [1.165, 1.54) is 12.1 Å². The van der Waals surface area contributed by atoms with E-state index in [4.69, 9.17) is 0 Å². The molecule has 6 rings (SSSR count). The lowest BCUT2D eigenvalue weighted by atomic mass is 9.99. The van der Waals surface area contributed by atoms with Crippen LogP contribution >= 0.6 is 0 Å². The first kappa shape index (κ1) is 29.3. The fourth-order valence-corrected chi connectivity index (χ4v) is 6.29. The van der Waals surface area contributed by atoms with Crippen LogP contribution in [0.1, 0.15) is 30.0 Å². The molecule has 2 aliphatic rings. The first-order valence-corrected chi connectivity index (χ1v) is 15.1. The Morgan fingerprint density at radius 3 is 2.41 bits per heavy atom. The predicted octanol–water partition coefficient (Wildman–Crippen LogP) is 4.94. The molecular weight excluding hydrogens is 557 g/mol. The summed E-state index contributed by atoms with van der Waals surface area (Å²) in [7, 11) is 0. The van der Waals surface area contributed by atoms with Crippen LogP contribution in [0.3, 0.4) is 0 Å². The number of amides is 4. The maximum absolute atomic E-state index is 14.2. The quantitative estimate of drug-likeness (QED) is 0.298. The minimum Gasteiger partial charge on any atom is -0.333 e. The Kier molecular flexibility index (Phi) is 8.56. The Balaban J connectivity index is 1.30. The second kappa shape index (κ2) is 12.9. The molecule has 0 saturated carbocycles. The summed E-state index contributed by atoms with van der Waals surface area (Å²) in [5.74, 6) is -0.620. The van der Waals surface area contributed by atoms with Gasteiger partial charge in [0.2, 0.25) is 11.8 Å². The second-order valence-electron chi connectivity index (χ2n) is 11.4. The van der Waals surface area contributed by atoms with E-state index >= 15 is 0 Å². The number of hydrazine groups is 1. The molecule has 4 aromatic carbocycles. The number of piperazine rings is 1. The van der Waals surface area contributed by atoms with Crippen LogP contribution in [0.15, 0.2) is 97.1 Å². The van der Waals surface area contributed by atoms with E-state index in [9.17, 15) is 18.8 Å². The van der Waals surface area contributed by atoms with Gasteiger partial charge in [-0.25, -0.2) is 9.18 Å². The van der Waals surface area contributed by atoms with Crippen LogP contribution in [0, 0.1) is 5.82 Å². The molecule has 0 bridgehead atoms. The van der Waals surface area contributed by atoms with Gasteiger partial charge in [0.15, 0.2) is 0 Å². The topological polar surface area (TPSA) is 76.2 Å². The van der Waals surface area contributed by atoms with Crippen molar-refractivity contribution in [1.29, 1.82) is 0 Å². The third-order valence-corrected chi connectivity index (χ3v) is 8.42. The maximum Gasteiger partial charge on any atom is 0.332 e. The van der Waals surface area contributed by atoms with Gasteiger partial charge in [-0.2, -0.15) is 5.01 Å². The van der Waals surface area contributed by atoms with Crippen LogP contribution in [0.25, 0.3) is 10.8 Å². The Morgan fingerprint density at radius 2 is 1.64 bits per heavy atom. The molecule has 226 valence electrons. The smallest absolute Gasteiger partial charge is 0.332 e. The van der Waals surface area contributed by atoms with Gasteiger partial charge in [0.05, 0.1) is 13.1 Å². The number of fused-ring (bicyclic) bond motifs is 2. The molecule has 0 aromatic heterocycles. The molecule has 0 spiro atoms. The lowest BCUT2D eigenvalue weighted by molar-refractivity contribution is -0.157. The summed E-state index contributed by atoms with van der Waals surface area (Å²) in [5, 5.41) is 8.52. The molecule has 2 fully saturated rings. The molecule has 1 N–H and O–H groups in total. The van der Waals surface area contributed by atoms with Crippen molar-refractivity contribution < 1.29 is 18.8 Å². The first-order valence-electron chi connectivity index (χ1n) is 15.1. The fraction of sp³-hybridized carbons (Fsp3) is 0.286. The van der Waals surface area contributed by atoms with Gasteiger partial charge >= 0.3 is 6.03 Å². The molecule has 2 heterocycles. The number of nitrogens with zero attached hydrogens (tertiary/aromatic N) is 4. The number of hydrogen-bond acceptors (Lipinski definition) is 4. The van der Waals surface area contributed by atoms with E-state index in [0.29, 0.717) is 25.9 Å². The molecule has 0 aliphatic carbocycles. The van der Waals surface area contributed by atoms with E-state index < -0.39 is 12.2 Å². The maximum atomic E-state index is 14.2. The highest BCUT2D eigenvalue weighted by atomic mass is 19.1. The summed E-state index contributed by atoms with van der Waals surface area (Å²) in [6.07, 6.45) is 0.548. The van der Waals surface area contributed by atoms with Gasteiger partial charge in [-0.1, -0.05) is 91.9 Å². The van der Waals surface area contributed by atoms with Gasteiger partial charge in [0.25, 0.3) is 0 Å². The highest BCUT2D eigenvalue weighted by Crippen LogP contribution is 2.31. The molecule has 0 unspecified atom stereocenters. The van der Waals surface area contributed by atoms with Crippen molar-refractivity contribution in [3.8, 4) is 0 Å². The standard InChI is InChI=1S/C35H36FN5O3/c1-2-19-39(35(44)37-21-26-15-17-29(36)18-16-26)40-24-33(42)41-31(20-25-9-4-3-5-10-25)34(43)38(23-32(40)41)22-28-13-8-12-27-11-6-7-14-30(27)28/h3-18,31-32H,2,19-24H2,1H3,(H,37,44)/t31-,32+/m0/s1. The van der Waals surface area contributed by atoms with Crippen LogP contribution in [0.4, 0.5) is 9.18 Å². The van der Waals surface area contributed by atoms with Crippen molar-refractivity contribution in [3.63, 3.8) is 0 Å². The largest absolute Gasteiger partial charge is 0.333 e. The monoisotopic (exact) mass is 593 g/mol. The third-order valence-electron chi connectivity index (χ3n) is 8.42. The van der Waals surface area contributed by atoms with Gasteiger partial charge in [-0.3, -0.25) is 14.6 Å². The zero-order chi connectivity index (χ0) is 30.6. The van der Waals surface area contributed by atoms with E-state index in [0.717, 1.165) is 27.5 Å². The lowest BCUT2D eigenvalue weighted by Crippen LogP contribution is -2.66. The van der Waals surface area contributed by atoms with Crippen molar-refractivity contribution >= 4 is 28.6 Å². The van der Waals surface area contributed by atoms with Crippen molar-refractivity contribution in [2.24, 2.45) is 0 Å².